The Hall–Kier alpha value is -3.79. The van der Waals surface area contributed by atoms with Gasteiger partial charge in [0.25, 0.3) is 0 Å². The molecule has 1 heterocycles. The van der Waals surface area contributed by atoms with Crippen LogP contribution in [0.3, 0.4) is 0 Å². The zero-order valence-electron chi connectivity index (χ0n) is 17.3. The fourth-order valence-electron chi connectivity index (χ4n) is 2.74. The Balaban J connectivity index is 1.67. The van der Waals surface area contributed by atoms with Crippen molar-refractivity contribution in [3.8, 4) is 0 Å². The highest BCUT2D eigenvalue weighted by Gasteiger charge is 2.21. The third kappa shape index (κ3) is 5.67. The molecule has 3 aromatic rings. The highest BCUT2D eigenvalue weighted by Crippen LogP contribution is 2.31. The van der Waals surface area contributed by atoms with E-state index in [4.69, 9.17) is 9.47 Å². The molecule has 1 aromatic heterocycles. The molecule has 0 saturated carbocycles. The predicted octanol–water partition coefficient (Wildman–Crippen LogP) is 4.89. The number of nitrogens with one attached hydrogen (secondary N) is 1. The van der Waals surface area contributed by atoms with Gasteiger partial charge in [-0.15, -0.1) is 11.3 Å². The summed E-state index contributed by atoms with van der Waals surface area (Å²) < 4.78 is 24.3. The van der Waals surface area contributed by atoms with E-state index in [-0.39, 0.29) is 29.6 Å². The van der Waals surface area contributed by atoms with Gasteiger partial charge in [-0.1, -0.05) is 18.2 Å². The van der Waals surface area contributed by atoms with E-state index in [9.17, 15) is 18.8 Å². The molecule has 0 aliphatic rings. The third-order valence-electron chi connectivity index (χ3n) is 4.11. The maximum Gasteiger partial charge on any atom is 0.411 e. The van der Waals surface area contributed by atoms with Gasteiger partial charge in [-0.25, -0.2) is 19.0 Å². The topological polar surface area (TPSA) is 97.8 Å². The second kappa shape index (κ2) is 10.5. The van der Waals surface area contributed by atoms with E-state index in [1.54, 1.807) is 36.6 Å². The smallest absolute Gasteiger partial charge is 0.411 e. The molecule has 0 atom stereocenters. The summed E-state index contributed by atoms with van der Waals surface area (Å²) in [5.41, 5.74) is 1.10. The number of anilines is 3. The summed E-state index contributed by atoms with van der Waals surface area (Å²) in [7, 11) is 0. The lowest BCUT2D eigenvalue weighted by Crippen LogP contribution is -2.23. The minimum atomic E-state index is -0.627. The van der Waals surface area contributed by atoms with Gasteiger partial charge < -0.3 is 9.47 Å². The highest BCUT2D eigenvalue weighted by molar-refractivity contribution is 7.14. The molecule has 10 heteroatoms. The Morgan fingerprint density at radius 1 is 1.12 bits per heavy atom. The van der Waals surface area contributed by atoms with E-state index in [2.05, 4.69) is 10.3 Å². The van der Waals surface area contributed by atoms with E-state index in [1.165, 1.54) is 31.2 Å². The minimum Gasteiger partial charge on any atom is -0.456 e. The minimum absolute atomic E-state index is 0.0869. The number of benzene rings is 2. The number of esters is 1. The van der Waals surface area contributed by atoms with Crippen molar-refractivity contribution in [1.29, 1.82) is 0 Å². The van der Waals surface area contributed by atoms with Crippen LogP contribution in [0.5, 0.6) is 0 Å². The van der Waals surface area contributed by atoms with Crippen LogP contribution in [0, 0.1) is 5.82 Å². The predicted molar refractivity (Wildman–Crippen MR) is 118 cm³/mol. The van der Waals surface area contributed by atoms with Crippen molar-refractivity contribution in [2.24, 2.45) is 0 Å². The van der Waals surface area contributed by atoms with Crippen LogP contribution in [0.2, 0.25) is 0 Å². The Labute approximate surface area is 187 Å². The van der Waals surface area contributed by atoms with Gasteiger partial charge in [0.2, 0.25) is 5.91 Å². The molecule has 8 nitrogen and oxygen atoms in total. The number of nitrogens with zero attached hydrogens (tertiary/aromatic N) is 2. The van der Waals surface area contributed by atoms with Crippen molar-refractivity contribution >= 4 is 45.8 Å². The van der Waals surface area contributed by atoms with Gasteiger partial charge >= 0.3 is 12.1 Å². The first-order valence-corrected chi connectivity index (χ1v) is 10.5. The SMILES string of the molecule is CCOC(=O)Nc1cccc(C(=O)OCc2csc(N(C(C)=O)c3ccccc3F)n2)c1. The Morgan fingerprint density at radius 3 is 2.62 bits per heavy atom. The summed E-state index contributed by atoms with van der Waals surface area (Å²) in [5.74, 6) is -1.58. The highest BCUT2D eigenvalue weighted by atomic mass is 32.1. The maximum absolute atomic E-state index is 14.2. The average molecular weight is 457 g/mol. The lowest BCUT2D eigenvalue weighted by molar-refractivity contribution is -0.115. The van der Waals surface area contributed by atoms with Crippen LogP contribution in [0.15, 0.2) is 53.9 Å². The van der Waals surface area contributed by atoms with Crippen LogP contribution in [-0.4, -0.2) is 29.6 Å². The monoisotopic (exact) mass is 457 g/mol. The molecule has 0 unspecified atom stereocenters. The summed E-state index contributed by atoms with van der Waals surface area (Å²) in [6, 6.07) is 12.1. The summed E-state index contributed by atoms with van der Waals surface area (Å²) in [5, 5.41) is 4.39. The number of hydrogen-bond donors (Lipinski definition) is 1. The van der Waals surface area contributed by atoms with Gasteiger partial charge in [0.1, 0.15) is 12.4 Å². The summed E-state index contributed by atoms with van der Waals surface area (Å²) in [4.78, 5) is 41.5. The lowest BCUT2D eigenvalue weighted by Gasteiger charge is -2.18. The number of ether oxygens (including phenoxy) is 2. The molecule has 2 amide bonds. The summed E-state index contributed by atoms with van der Waals surface area (Å²) in [6.07, 6.45) is -0.627. The van der Waals surface area contributed by atoms with E-state index in [0.717, 1.165) is 16.2 Å². The number of thiazole rings is 1. The molecule has 0 bridgehead atoms. The molecule has 1 N–H and O–H groups in total. The molecule has 0 radical (unpaired) electrons. The number of rotatable bonds is 7. The molecule has 0 spiro atoms. The van der Waals surface area contributed by atoms with Crippen LogP contribution >= 0.6 is 11.3 Å². The molecule has 3 rings (SSSR count). The first kappa shape index (κ1) is 22.9. The van der Waals surface area contributed by atoms with E-state index < -0.39 is 23.8 Å². The van der Waals surface area contributed by atoms with Crippen molar-refractivity contribution in [2.75, 3.05) is 16.8 Å². The van der Waals surface area contributed by atoms with Crippen molar-refractivity contribution in [1.82, 2.24) is 4.98 Å². The van der Waals surface area contributed by atoms with E-state index in [1.807, 2.05) is 0 Å². The number of halogens is 1. The normalized spacial score (nSPS) is 10.3. The van der Waals surface area contributed by atoms with Gasteiger partial charge in [0.05, 0.1) is 23.6 Å². The summed E-state index contributed by atoms with van der Waals surface area (Å²) in [6.45, 7) is 3.07. The van der Waals surface area contributed by atoms with Gasteiger partial charge in [0.15, 0.2) is 5.13 Å². The first-order valence-electron chi connectivity index (χ1n) is 9.59. The van der Waals surface area contributed by atoms with Gasteiger partial charge in [0, 0.05) is 18.0 Å². The van der Waals surface area contributed by atoms with Crippen molar-refractivity contribution in [2.45, 2.75) is 20.5 Å². The second-order valence-electron chi connectivity index (χ2n) is 6.43. The molecule has 166 valence electrons. The van der Waals surface area contributed by atoms with Crippen molar-refractivity contribution in [3.05, 3.63) is 71.0 Å². The maximum atomic E-state index is 14.2. The third-order valence-corrected chi connectivity index (χ3v) is 4.99. The molecular formula is C22H20FN3O5S. The standard InChI is InChI=1S/C22H20FN3O5S/c1-3-30-22(29)25-16-8-6-7-15(11-16)20(28)31-12-17-13-32-21(24-17)26(14(2)27)19-10-5-4-9-18(19)23/h4-11,13H,3,12H2,1-2H3,(H,25,29). The van der Waals surface area contributed by atoms with E-state index in [0.29, 0.717) is 11.4 Å². The van der Waals surface area contributed by atoms with Crippen LogP contribution < -0.4 is 10.2 Å². The number of carbonyl (C=O) groups is 3. The van der Waals surface area contributed by atoms with Crippen LogP contribution in [0.25, 0.3) is 0 Å². The fourth-order valence-corrected chi connectivity index (χ4v) is 3.60. The molecular weight excluding hydrogens is 437 g/mol. The fraction of sp³-hybridized carbons (Fsp3) is 0.182. The van der Waals surface area contributed by atoms with Crippen molar-refractivity contribution < 1.29 is 28.2 Å². The number of para-hydroxylation sites is 1. The lowest BCUT2D eigenvalue weighted by atomic mass is 10.2. The van der Waals surface area contributed by atoms with Crippen LogP contribution in [-0.2, 0) is 20.9 Å². The van der Waals surface area contributed by atoms with Crippen molar-refractivity contribution in [3.63, 3.8) is 0 Å². The molecule has 0 aliphatic heterocycles. The van der Waals surface area contributed by atoms with E-state index >= 15 is 0 Å². The quantitative estimate of drug-likeness (QED) is 0.507. The second-order valence-corrected chi connectivity index (χ2v) is 7.27. The zero-order valence-corrected chi connectivity index (χ0v) is 18.1. The zero-order chi connectivity index (χ0) is 23.1. The van der Waals surface area contributed by atoms with Gasteiger partial charge in [-0.05, 0) is 37.3 Å². The number of amides is 2. The van der Waals surface area contributed by atoms with Gasteiger partial charge in [-0.2, -0.15) is 0 Å². The Bertz CT molecular complexity index is 1130. The molecule has 32 heavy (non-hydrogen) atoms. The van der Waals surface area contributed by atoms with Crippen LogP contribution in [0.1, 0.15) is 29.9 Å². The Kier molecular flexibility index (Phi) is 7.50. The first-order chi connectivity index (χ1) is 15.4. The molecule has 0 saturated heterocycles. The average Bonchev–Trinajstić information content (AvgIpc) is 3.22. The van der Waals surface area contributed by atoms with Crippen LogP contribution in [0.4, 0.5) is 25.7 Å². The number of aromatic nitrogens is 1. The molecule has 0 aliphatic carbocycles. The largest absolute Gasteiger partial charge is 0.456 e. The number of carbonyl (C=O) groups excluding carboxylic acids is 3. The molecule has 2 aromatic carbocycles. The summed E-state index contributed by atoms with van der Waals surface area (Å²) >= 11 is 1.13. The number of hydrogen-bond acceptors (Lipinski definition) is 7. The van der Waals surface area contributed by atoms with Gasteiger partial charge in [-0.3, -0.25) is 15.0 Å². The Morgan fingerprint density at radius 2 is 1.91 bits per heavy atom. The molecule has 0 fully saturated rings.